The Morgan fingerprint density at radius 1 is 1.36 bits per heavy atom. The summed E-state index contributed by atoms with van der Waals surface area (Å²) in [5.74, 6) is -0.0250. The number of ether oxygens (including phenoxy) is 1. The molecule has 0 aliphatic carbocycles. The Labute approximate surface area is 90.8 Å². The lowest BCUT2D eigenvalue weighted by molar-refractivity contribution is -0.137. The van der Waals surface area contributed by atoms with Crippen molar-refractivity contribution in [3.8, 4) is 5.75 Å². The normalized spacial score (nSPS) is 9.79. The average Bonchev–Trinajstić information content (AvgIpc) is 2.15. The van der Waals surface area contributed by atoms with Crippen molar-refractivity contribution in [2.24, 2.45) is 0 Å². The zero-order valence-corrected chi connectivity index (χ0v) is 9.16. The SMILES string of the molecule is O=C(O)CCCOc1ccc(Br)cc1. The zero-order chi connectivity index (χ0) is 10.4. The van der Waals surface area contributed by atoms with E-state index in [0.29, 0.717) is 13.0 Å². The number of aliphatic carboxylic acids is 1. The van der Waals surface area contributed by atoms with Gasteiger partial charge in [0.25, 0.3) is 0 Å². The molecule has 0 saturated carbocycles. The summed E-state index contributed by atoms with van der Waals surface area (Å²) < 4.78 is 6.32. The summed E-state index contributed by atoms with van der Waals surface area (Å²) in [5.41, 5.74) is 0. The van der Waals surface area contributed by atoms with E-state index in [9.17, 15) is 4.79 Å². The Hall–Kier alpha value is -1.03. The Bertz CT molecular complexity index is 295. The molecule has 1 aromatic carbocycles. The van der Waals surface area contributed by atoms with Gasteiger partial charge < -0.3 is 9.84 Å². The molecule has 0 atom stereocenters. The van der Waals surface area contributed by atoms with Gasteiger partial charge in [0.1, 0.15) is 5.75 Å². The van der Waals surface area contributed by atoms with Crippen molar-refractivity contribution in [3.63, 3.8) is 0 Å². The van der Waals surface area contributed by atoms with Crippen LogP contribution in [0, 0.1) is 0 Å². The van der Waals surface area contributed by atoms with Crippen molar-refractivity contribution in [3.05, 3.63) is 28.7 Å². The van der Waals surface area contributed by atoms with Crippen LogP contribution in [0.3, 0.4) is 0 Å². The van der Waals surface area contributed by atoms with E-state index in [4.69, 9.17) is 9.84 Å². The summed E-state index contributed by atoms with van der Waals surface area (Å²) in [6.45, 7) is 0.438. The Morgan fingerprint density at radius 3 is 2.57 bits per heavy atom. The first-order valence-corrected chi connectivity index (χ1v) is 5.08. The highest BCUT2D eigenvalue weighted by Crippen LogP contribution is 2.16. The third kappa shape index (κ3) is 4.28. The van der Waals surface area contributed by atoms with Crippen molar-refractivity contribution in [1.29, 1.82) is 0 Å². The molecule has 0 amide bonds. The third-order valence-corrected chi connectivity index (χ3v) is 2.15. The standard InChI is InChI=1S/C10H11BrO3/c11-8-3-5-9(6-4-8)14-7-1-2-10(12)13/h3-6H,1-2,7H2,(H,12,13). The minimum atomic E-state index is -0.788. The van der Waals surface area contributed by atoms with E-state index in [-0.39, 0.29) is 6.42 Å². The summed E-state index contributed by atoms with van der Waals surface area (Å²) in [4.78, 5) is 10.2. The van der Waals surface area contributed by atoms with Crippen LogP contribution in [0.4, 0.5) is 0 Å². The van der Waals surface area contributed by atoms with Gasteiger partial charge in [0.05, 0.1) is 6.61 Å². The molecule has 0 bridgehead atoms. The smallest absolute Gasteiger partial charge is 0.303 e. The lowest BCUT2D eigenvalue weighted by Crippen LogP contribution is -2.01. The molecule has 1 aromatic rings. The van der Waals surface area contributed by atoms with Crippen molar-refractivity contribution >= 4 is 21.9 Å². The molecule has 76 valence electrons. The zero-order valence-electron chi connectivity index (χ0n) is 7.57. The van der Waals surface area contributed by atoms with Gasteiger partial charge in [-0.25, -0.2) is 0 Å². The van der Waals surface area contributed by atoms with E-state index in [1.807, 2.05) is 24.3 Å². The molecule has 1 N–H and O–H groups in total. The molecule has 0 fully saturated rings. The number of carbonyl (C=O) groups is 1. The van der Waals surface area contributed by atoms with Gasteiger partial charge in [0, 0.05) is 10.9 Å². The van der Waals surface area contributed by atoms with Gasteiger partial charge in [-0.05, 0) is 30.7 Å². The first kappa shape index (κ1) is 11.0. The van der Waals surface area contributed by atoms with E-state index in [2.05, 4.69) is 15.9 Å². The van der Waals surface area contributed by atoms with E-state index in [1.54, 1.807) is 0 Å². The molecule has 0 spiro atoms. The van der Waals surface area contributed by atoms with Gasteiger partial charge in [-0.1, -0.05) is 15.9 Å². The summed E-state index contributed by atoms with van der Waals surface area (Å²) in [6, 6.07) is 7.44. The highest BCUT2D eigenvalue weighted by atomic mass is 79.9. The molecule has 1 rings (SSSR count). The van der Waals surface area contributed by atoms with Crippen LogP contribution >= 0.6 is 15.9 Å². The Balaban J connectivity index is 2.25. The van der Waals surface area contributed by atoms with Gasteiger partial charge in [0.2, 0.25) is 0 Å². The molecule has 0 aliphatic heterocycles. The first-order valence-electron chi connectivity index (χ1n) is 4.28. The molecule has 0 aliphatic rings. The van der Waals surface area contributed by atoms with Crippen molar-refractivity contribution in [2.75, 3.05) is 6.61 Å². The predicted octanol–water partition coefficient (Wildman–Crippen LogP) is 2.69. The van der Waals surface area contributed by atoms with Crippen LogP contribution in [0.25, 0.3) is 0 Å². The Kier molecular flexibility index (Phi) is 4.46. The number of rotatable bonds is 5. The summed E-state index contributed by atoms with van der Waals surface area (Å²) in [6.07, 6.45) is 0.682. The van der Waals surface area contributed by atoms with Gasteiger partial charge in [-0.15, -0.1) is 0 Å². The van der Waals surface area contributed by atoms with E-state index >= 15 is 0 Å². The van der Waals surface area contributed by atoms with Crippen molar-refractivity contribution in [1.82, 2.24) is 0 Å². The number of carboxylic acid groups (broad SMARTS) is 1. The molecule has 14 heavy (non-hydrogen) atoms. The fourth-order valence-corrected chi connectivity index (χ4v) is 1.21. The molecule has 0 heterocycles. The Morgan fingerprint density at radius 2 is 2.00 bits per heavy atom. The number of hydrogen-bond donors (Lipinski definition) is 1. The quantitative estimate of drug-likeness (QED) is 0.827. The summed E-state index contributed by atoms with van der Waals surface area (Å²) in [7, 11) is 0. The van der Waals surface area contributed by atoms with Gasteiger partial charge in [-0.2, -0.15) is 0 Å². The second-order valence-corrected chi connectivity index (χ2v) is 3.72. The largest absolute Gasteiger partial charge is 0.494 e. The third-order valence-electron chi connectivity index (χ3n) is 1.62. The van der Waals surface area contributed by atoms with Crippen LogP contribution in [-0.4, -0.2) is 17.7 Å². The topological polar surface area (TPSA) is 46.5 Å². The number of benzene rings is 1. The minimum absolute atomic E-state index is 0.149. The fourth-order valence-electron chi connectivity index (χ4n) is 0.944. The second-order valence-electron chi connectivity index (χ2n) is 2.80. The van der Waals surface area contributed by atoms with Crippen molar-refractivity contribution in [2.45, 2.75) is 12.8 Å². The van der Waals surface area contributed by atoms with Crippen LogP contribution < -0.4 is 4.74 Å². The predicted molar refractivity (Wildman–Crippen MR) is 56.5 cm³/mol. The van der Waals surface area contributed by atoms with Crippen LogP contribution in [0.15, 0.2) is 28.7 Å². The molecular weight excluding hydrogens is 248 g/mol. The molecule has 0 radical (unpaired) electrons. The molecule has 3 nitrogen and oxygen atoms in total. The fraction of sp³-hybridized carbons (Fsp3) is 0.300. The van der Waals surface area contributed by atoms with Crippen LogP contribution in [0.2, 0.25) is 0 Å². The van der Waals surface area contributed by atoms with Gasteiger partial charge >= 0.3 is 5.97 Å². The molecule has 0 aromatic heterocycles. The molecule has 0 unspecified atom stereocenters. The lowest BCUT2D eigenvalue weighted by atomic mass is 10.3. The number of hydrogen-bond acceptors (Lipinski definition) is 2. The van der Waals surface area contributed by atoms with Crippen molar-refractivity contribution < 1.29 is 14.6 Å². The minimum Gasteiger partial charge on any atom is -0.494 e. The first-order chi connectivity index (χ1) is 6.68. The van der Waals surface area contributed by atoms with Crippen LogP contribution in [0.1, 0.15) is 12.8 Å². The molecule has 4 heteroatoms. The lowest BCUT2D eigenvalue weighted by Gasteiger charge is -2.04. The molecule has 0 saturated heterocycles. The van der Waals surface area contributed by atoms with E-state index < -0.39 is 5.97 Å². The van der Waals surface area contributed by atoms with Crippen LogP contribution in [-0.2, 0) is 4.79 Å². The van der Waals surface area contributed by atoms with E-state index in [0.717, 1.165) is 10.2 Å². The summed E-state index contributed by atoms with van der Waals surface area (Å²) >= 11 is 3.31. The van der Waals surface area contributed by atoms with Gasteiger partial charge in [0.15, 0.2) is 0 Å². The maximum Gasteiger partial charge on any atom is 0.303 e. The number of carboxylic acids is 1. The highest BCUT2D eigenvalue weighted by Gasteiger charge is 1.97. The van der Waals surface area contributed by atoms with Gasteiger partial charge in [-0.3, -0.25) is 4.79 Å². The number of halogens is 1. The maximum absolute atomic E-state index is 10.2. The van der Waals surface area contributed by atoms with Crippen LogP contribution in [0.5, 0.6) is 5.75 Å². The average molecular weight is 259 g/mol. The molecular formula is C10H11BrO3. The van der Waals surface area contributed by atoms with E-state index in [1.165, 1.54) is 0 Å². The maximum atomic E-state index is 10.2. The second kappa shape index (κ2) is 5.65. The highest BCUT2D eigenvalue weighted by molar-refractivity contribution is 9.10. The monoisotopic (exact) mass is 258 g/mol. The summed E-state index contributed by atoms with van der Waals surface area (Å²) in [5, 5.41) is 8.39.